The number of aromatic nitrogens is 1. The molecule has 4 aromatic rings. The van der Waals surface area contributed by atoms with E-state index in [1.807, 2.05) is 86.0 Å². The van der Waals surface area contributed by atoms with Gasteiger partial charge in [0.1, 0.15) is 18.1 Å². The van der Waals surface area contributed by atoms with Crippen molar-refractivity contribution in [2.45, 2.75) is 32.9 Å². The summed E-state index contributed by atoms with van der Waals surface area (Å²) in [5.74, 6) is 1.49. The van der Waals surface area contributed by atoms with Gasteiger partial charge in [0.15, 0.2) is 0 Å². The fourth-order valence-electron chi connectivity index (χ4n) is 3.38. The van der Waals surface area contributed by atoms with Crippen LogP contribution < -0.4 is 10.1 Å². The van der Waals surface area contributed by atoms with E-state index in [0.717, 1.165) is 38.8 Å². The Morgan fingerprint density at radius 3 is 2.48 bits per heavy atom. The molecule has 1 unspecified atom stereocenters. The van der Waals surface area contributed by atoms with Crippen molar-refractivity contribution in [3.05, 3.63) is 105 Å². The number of thiophene rings is 1. The first-order valence-corrected chi connectivity index (χ1v) is 11.0. The van der Waals surface area contributed by atoms with Crippen LogP contribution in [-0.4, -0.2) is 11.1 Å². The summed E-state index contributed by atoms with van der Waals surface area (Å²) in [4.78, 5) is 13.9. The van der Waals surface area contributed by atoms with Crippen LogP contribution in [0.25, 0.3) is 0 Å². The third-order valence-corrected chi connectivity index (χ3v) is 6.06. The van der Waals surface area contributed by atoms with E-state index in [-0.39, 0.29) is 11.9 Å². The minimum absolute atomic E-state index is 0.0216. The maximum atomic E-state index is 12.8. The van der Waals surface area contributed by atoms with E-state index in [2.05, 4.69) is 10.5 Å². The second-order valence-corrected chi connectivity index (χ2v) is 8.32. The van der Waals surface area contributed by atoms with Crippen LogP contribution in [0.4, 0.5) is 0 Å². The Morgan fingerprint density at radius 2 is 1.84 bits per heavy atom. The molecule has 158 valence electrons. The second-order valence-electron chi connectivity index (χ2n) is 7.34. The first kappa shape index (κ1) is 20.9. The Hall–Kier alpha value is -3.38. The monoisotopic (exact) mass is 432 g/mol. The number of hydrogen-bond donors (Lipinski definition) is 1. The Morgan fingerprint density at radius 1 is 1.06 bits per heavy atom. The van der Waals surface area contributed by atoms with Crippen LogP contribution in [0.3, 0.4) is 0 Å². The summed E-state index contributed by atoms with van der Waals surface area (Å²) in [5, 5.41) is 9.14. The summed E-state index contributed by atoms with van der Waals surface area (Å²) in [6, 6.07) is 21.5. The van der Waals surface area contributed by atoms with E-state index < -0.39 is 0 Å². The molecule has 0 spiro atoms. The second kappa shape index (κ2) is 9.62. The first-order chi connectivity index (χ1) is 15.1. The van der Waals surface area contributed by atoms with Gasteiger partial charge in [-0.05, 0) is 48.6 Å². The highest BCUT2D eigenvalue weighted by Crippen LogP contribution is 2.26. The van der Waals surface area contributed by atoms with Gasteiger partial charge in [0.05, 0.1) is 23.7 Å². The summed E-state index contributed by atoms with van der Waals surface area (Å²) in [6.45, 7) is 4.18. The van der Waals surface area contributed by atoms with E-state index in [1.54, 1.807) is 11.3 Å². The lowest BCUT2D eigenvalue weighted by Gasteiger charge is -2.18. The molecule has 31 heavy (non-hydrogen) atoms. The molecule has 0 radical (unpaired) electrons. The van der Waals surface area contributed by atoms with Crippen molar-refractivity contribution in [2.75, 3.05) is 0 Å². The summed E-state index contributed by atoms with van der Waals surface area (Å²) in [5.41, 5.74) is 3.80. The number of benzene rings is 2. The molecule has 0 aliphatic carbocycles. The molecule has 0 fully saturated rings. The molecule has 0 aliphatic rings. The Bertz CT molecular complexity index is 1100. The minimum Gasteiger partial charge on any atom is -0.489 e. The molecule has 2 aromatic heterocycles. The van der Waals surface area contributed by atoms with Crippen LogP contribution >= 0.6 is 11.3 Å². The molecule has 1 atom stereocenters. The van der Waals surface area contributed by atoms with Gasteiger partial charge in [0.2, 0.25) is 5.91 Å². The number of ether oxygens (including phenoxy) is 1. The average Bonchev–Trinajstić information content (AvgIpc) is 3.43. The largest absolute Gasteiger partial charge is 0.489 e. The molecule has 4 rings (SSSR count). The van der Waals surface area contributed by atoms with Gasteiger partial charge < -0.3 is 14.6 Å². The van der Waals surface area contributed by atoms with Gasteiger partial charge >= 0.3 is 0 Å². The SMILES string of the molecule is Cc1noc(C)c1COc1ccc(CC(=O)NC(c2ccccc2)c2cccs2)cc1. The Balaban J connectivity index is 1.38. The fraction of sp³-hybridized carbons (Fsp3) is 0.200. The van der Waals surface area contributed by atoms with Gasteiger partial charge in [0, 0.05) is 4.88 Å². The normalized spacial score (nSPS) is 11.8. The minimum atomic E-state index is -0.147. The molecule has 6 heteroatoms. The molecule has 1 amide bonds. The number of amides is 1. The van der Waals surface area contributed by atoms with Crippen molar-refractivity contribution in [3.63, 3.8) is 0 Å². The molecule has 0 aliphatic heterocycles. The lowest BCUT2D eigenvalue weighted by atomic mass is 10.0. The standard InChI is InChI=1S/C25H24N2O3S/c1-17-22(18(2)30-27-17)16-29-21-12-10-19(11-13-21)15-24(28)26-25(23-9-6-14-31-23)20-7-4-3-5-8-20/h3-14,25H,15-16H2,1-2H3,(H,26,28). The van der Waals surface area contributed by atoms with Crippen LogP contribution in [0.2, 0.25) is 0 Å². The van der Waals surface area contributed by atoms with Crippen molar-refractivity contribution in [1.29, 1.82) is 0 Å². The maximum absolute atomic E-state index is 12.8. The van der Waals surface area contributed by atoms with Crippen LogP contribution in [0.5, 0.6) is 5.75 Å². The van der Waals surface area contributed by atoms with Crippen molar-refractivity contribution in [2.24, 2.45) is 0 Å². The molecular formula is C25H24N2O3S. The molecule has 0 saturated carbocycles. The van der Waals surface area contributed by atoms with Crippen molar-refractivity contribution in [1.82, 2.24) is 10.5 Å². The summed E-state index contributed by atoms with van der Waals surface area (Å²) in [7, 11) is 0. The van der Waals surface area contributed by atoms with Crippen LogP contribution in [0.1, 0.15) is 39.1 Å². The fourth-order valence-corrected chi connectivity index (χ4v) is 4.19. The number of carbonyl (C=O) groups excluding carboxylic acids is 1. The Labute approximate surface area is 185 Å². The van der Waals surface area contributed by atoms with E-state index in [0.29, 0.717) is 13.0 Å². The van der Waals surface area contributed by atoms with Crippen LogP contribution in [-0.2, 0) is 17.8 Å². The molecule has 5 nitrogen and oxygen atoms in total. The molecule has 0 saturated heterocycles. The third-order valence-electron chi connectivity index (χ3n) is 5.12. The predicted octanol–water partition coefficient (Wildman–Crippen LogP) is 5.38. The Kier molecular flexibility index (Phi) is 6.48. The molecule has 0 bridgehead atoms. The molecular weight excluding hydrogens is 408 g/mol. The zero-order chi connectivity index (χ0) is 21.6. The number of carbonyl (C=O) groups is 1. The van der Waals surface area contributed by atoms with Crippen molar-refractivity contribution >= 4 is 17.2 Å². The summed E-state index contributed by atoms with van der Waals surface area (Å²) < 4.78 is 11.0. The lowest BCUT2D eigenvalue weighted by molar-refractivity contribution is -0.120. The molecule has 2 heterocycles. The topological polar surface area (TPSA) is 64.4 Å². The van der Waals surface area contributed by atoms with E-state index in [1.165, 1.54) is 0 Å². The number of nitrogens with zero attached hydrogens (tertiary/aromatic N) is 1. The van der Waals surface area contributed by atoms with Gasteiger partial charge in [-0.1, -0.05) is 53.7 Å². The zero-order valence-electron chi connectivity index (χ0n) is 17.5. The quantitative estimate of drug-likeness (QED) is 0.406. The summed E-state index contributed by atoms with van der Waals surface area (Å²) >= 11 is 1.64. The highest BCUT2D eigenvalue weighted by atomic mass is 32.1. The van der Waals surface area contributed by atoms with Gasteiger partial charge in [-0.25, -0.2) is 0 Å². The molecule has 2 aromatic carbocycles. The van der Waals surface area contributed by atoms with Crippen molar-refractivity contribution < 1.29 is 14.1 Å². The number of hydrogen-bond acceptors (Lipinski definition) is 5. The van der Waals surface area contributed by atoms with E-state index >= 15 is 0 Å². The number of rotatable bonds is 8. The predicted molar refractivity (Wildman–Crippen MR) is 121 cm³/mol. The lowest BCUT2D eigenvalue weighted by Crippen LogP contribution is -2.30. The van der Waals surface area contributed by atoms with Gasteiger partial charge in [0.25, 0.3) is 0 Å². The van der Waals surface area contributed by atoms with E-state index in [4.69, 9.17) is 9.26 Å². The smallest absolute Gasteiger partial charge is 0.225 e. The first-order valence-electron chi connectivity index (χ1n) is 10.1. The number of aryl methyl sites for hydroxylation is 2. The van der Waals surface area contributed by atoms with Gasteiger partial charge in [-0.15, -0.1) is 11.3 Å². The van der Waals surface area contributed by atoms with Gasteiger partial charge in [-0.2, -0.15) is 0 Å². The zero-order valence-corrected chi connectivity index (χ0v) is 18.3. The van der Waals surface area contributed by atoms with Gasteiger partial charge in [-0.3, -0.25) is 4.79 Å². The maximum Gasteiger partial charge on any atom is 0.225 e. The third kappa shape index (κ3) is 5.22. The highest BCUT2D eigenvalue weighted by molar-refractivity contribution is 7.10. The van der Waals surface area contributed by atoms with E-state index in [9.17, 15) is 4.79 Å². The van der Waals surface area contributed by atoms with Crippen molar-refractivity contribution in [3.8, 4) is 5.75 Å². The number of nitrogens with one attached hydrogen (secondary N) is 1. The summed E-state index contributed by atoms with van der Waals surface area (Å²) in [6.07, 6.45) is 0.304. The van der Waals surface area contributed by atoms with Crippen LogP contribution in [0, 0.1) is 13.8 Å². The molecule has 1 N–H and O–H groups in total. The highest BCUT2D eigenvalue weighted by Gasteiger charge is 2.18. The van der Waals surface area contributed by atoms with Crippen LogP contribution in [0.15, 0.2) is 76.6 Å². The average molecular weight is 433 g/mol.